The Bertz CT molecular complexity index is 894. The molecule has 3 amide bonds. The first-order valence-corrected chi connectivity index (χ1v) is 8.56. The van der Waals surface area contributed by atoms with Crippen molar-refractivity contribution < 1.29 is 37.4 Å². The number of likely N-dealkylation sites (N-methyl/N-ethyl adjacent to an activating group) is 1. The van der Waals surface area contributed by atoms with E-state index in [1.165, 1.54) is 13.0 Å². The molecule has 1 aliphatic rings. The summed E-state index contributed by atoms with van der Waals surface area (Å²) in [6.07, 6.45) is -7.19. The second kappa shape index (κ2) is 7.62. The van der Waals surface area contributed by atoms with Crippen LogP contribution in [0.3, 0.4) is 0 Å². The average Bonchev–Trinajstić information content (AvgIpc) is 2.78. The first-order valence-electron chi connectivity index (χ1n) is 8.56. The summed E-state index contributed by atoms with van der Waals surface area (Å²) < 4.78 is 44.6. The van der Waals surface area contributed by atoms with Crippen molar-refractivity contribution in [3.63, 3.8) is 0 Å². The van der Waals surface area contributed by atoms with Gasteiger partial charge in [0.1, 0.15) is 0 Å². The number of ether oxygens (including phenoxy) is 1. The van der Waals surface area contributed by atoms with Crippen LogP contribution in [0.4, 0.5) is 28.4 Å². The molecule has 0 radical (unpaired) electrons. The van der Waals surface area contributed by atoms with E-state index in [1.807, 2.05) is 0 Å². The maximum atomic E-state index is 13.3. The van der Waals surface area contributed by atoms with Crippen LogP contribution in [0, 0.1) is 17.2 Å². The number of carbonyl (C=O) groups excluding carboxylic acids is 3. The fraction of sp³-hybridized carbons (Fsp3) is 0.444. The number of urea groups is 1. The fourth-order valence-corrected chi connectivity index (χ4v) is 3.30. The molecule has 0 bridgehead atoms. The molecule has 0 aromatic heterocycles. The van der Waals surface area contributed by atoms with E-state index < -0.39 is 46.8 Å². The van der Waals surface area contributed by atoms with E-state index in [9.17, 15) is 32.7 Å². The number of nitrogens with zero attached hydrogens (tertiary/aromatic N) is 3. The summed E-state index contributed by atoms with van der Waals surface area (Å²) >= 11 is 0. The van der Waals surface area contributed by atoms with Gasteiger partial charge in [-0.05, 0) is 31.0 Å². The Morgan fingerprint density at radius 1 is 1.34 bits per heavy atom. The van der Waals surface area contributed by atoms with E-state index in [-0.39, 0.29) is 18.9 Å². The van der Waals surface area contributed by atoms with Gasteiger partial charge in [0.05, 0.1) is 22.9 Å². The number of imide groups is 1. The van der Waals surface area contributed by atoms with Crippen molar-refractivity contribution in [2.75, 3.05) is 11.4 Å². The molecular formula is C18H17F3N3O5-. The number of carbonyl (C=O) groups is 3. The van der Waals surface area contributed by atoms with Gasteiger partial charge in [0.25, 0.3) is 12.1 Å². The number of hydrogen-bond acceptors (Lipinski definition) is 6. The van der Waals surface area contributed by atoms with Crippen LogP contribution in [0.1, 0.15) is 38.3 Å². The lowest BCUT2D eigenvalue weighted by Gasteiger charge is -2.38. The molecule has 1 heterocycles. The lowest BCUT2D eigenvalue weighted by molar-refractivity contribution is -0.300. The van der Waals surface area contributed by atoms with Gasteiger partial charge in [0, 0.05) is 13.0 Å². The van der Waals surface area contributed by atoms with Gasteiger partial charge in [-0.15, -0.1) is 0 Å². The van der Waals surface area contributed by atoms with Gasteiger partial charge in [0.2, 0.25) is 5.72 Å². The highest BCUT2D eigenvalue weighted by molar-refractivity contribution is 6.23. The largest absolute Gasteiger partial charge is 0.515 e. The molecule has 29 heavy (non-hydrogen) atoms. The molecule has 156 valence electrons. The Balaban J connectivity index is 2.66. The van der Waals surface area contributed by atoms with Gasteiger partial charge in [0.15, 0.2) is 0 Å². The Kier molecular flexibility index (Phi) is 5.78. The maximum absolute atomic E-state index is 13.3. The van der Waals surface area contributed by atoms with Crippen molar-refractivity contribution in [3.05, 3.63) is 29.3 Å². The Labute approximate surface area is 164 Å². The Hall–Kier alpha value is -3.29. The number of amides is 3. The van der Waals surface area contributed by atoms with Gasteiger partial charge in [-0.25, -0.2) is 9.69 Å². The van der Waals surface area contributed by atoms with Gasteiger partial charge >= 0.3 is 12.2 Å². The predicted molar refractivity (Wildman–Crippen MR) is 90.1 cm³/mol. The number of alkyl halides is 3. The van der Waals surface area contributed by atoms with E-state index in [2.05, 4.69) is 0 Å². The van der Waals surface area contributed by atoms with E-state index >= 15 is 0 Å². The smallest absolute Gasteiger partial charge is 0.417 e. The summed E-state index contributed by atoms with van der Waals surface area (Å²) in [5, 5.41) is 20.0. The molecule has 1 aromatic carbocycles. The predicted octanol–water partition coefficient (Wildman–Crippen LogP) is 2.47. The maximum Gasteiger partial charge on any atom is 0.417 e. The molecule has 1 fully saturated rings. The van der Waals surface area contributed by atoms with Gasteiger partial charge in [-0.3, -0.25) is 9.69 Å². The number of nitriles is 1. The molecule has 0 N–H and O–H groups in total. The number of rotatable bonds is 5. The Morgan fingerprint density at radius 2 is 1.97 bits per heavy atom. The third kappa shape index (κ3) is 3.83. The van der Waals surface area contributed by atoms with Crippen LogP contribution in [0.15, 0.2) is 18.2 Å². The SMILES string of the molecule is CCN1C(=O)N(c2ccc(C#N)c(C(F)(F)F)c2)C(=O)C1(CC(C)C)OC(=O)[O-]. The monoisotopic (exact) mass is 412 g/mol. The normalized spacial score (nSPS) is 19.7. The molecule has 0 saturated carbocycles. The first-order chi connectivity index (χ1) is 13.4. The zero-order valence-electron chi connectivity index (χ0n) is 15.7. The Morgan fingerprint density at radius 3 is 2.41 bits per heavy atom. The molecule has 0 aliphatic carbocycles. The molecule has 0 spiro atoms. The molecule has 1 aromatic rings. The minimum atomic E-state index is -4.91. The molecule has 1 saturated heterocycles. The highest BCUT2D eigenvalue weighted by atomic mass is 19.4. The standard InChI is InChI=1S/C18H18F3N3O5/c1-4-23-15(26)24(14(25)17(23,8-10(2)3)29-16(27)28)12-6-5-11(9-22)13(7-12)18(19,20)21/h5-7,10H,4,8H2,1-3H3,(H,27,28)/p-1. The van der Waals surface area contributed by atoms with E-state index in [0.717, 1.165) is 17.0 Å². The molecule has 11 heteroatoms. The van der Waals surface area contributed by atoms with Crippen LogP contribution in [0.2, 0.25) is 0 Å². The van der Waals surface area contributed by atoms with Crippen molar-refractivity contribution in [1.29, 1.82) is 5.26 Å². The van der Waals surface area contributed by atoms with Gasteiger partial charge in [-0.2, -0.15) is 18.4 Å². The van der Waals surface area contributed by atoms with Crippen LogP contribution in [-0.2, 0) is 15.7 Å². The van der Waals surface area contributed by atoms with Crippen LogP contribution >= 0.6 is 0 Å². The zero-order chi connectivity index (χ0) is 22.1. The van der Waals surface area contributed by atoms with Gasteiger partial charge < -0.3 is 14.6 Å². The quantitative estimate of drug-likeness (QED) is 0.542. The summed E-state index contributed by atoms with van der Waals surface area (Å²) in [5.41, 5.74) is -4.74. The van der Waals surface area contributed by atoms with Crippen LogP contribution < -0.4 is 10.0 Å². The third-order valence-electron chi connectivity index (χ3n) is 4.34. The number of hydrogen-bond donors (Lipinski definition) is 0. The number of halogens is 3. The second-order valence-corrected chi connectivity index (χ2v) is 6.74. The zero-order valence-corrected chi connectivity index (χ0v) is 15.7. The van der Waals surface area contributed by atoms with E-state index in [0.29, 0.717) is 11.0 Å². The third-order valence-corrected chi connectivity index (χ3v) is 4.34. The fourth-order valence-electron chi connectivity index (χ4n) is 3.30. The molecule has 2 rings (SSSR count). The minimum absolute atomic E-state index is 0.149. The highest BCUT2D eigenvalue weighted by Gasteiger charge is 2.57. The number of carboxylic acid groups (broad SMARTS) is 1. The van der Waals surface area contributed by atoms with Gasteiger partial charge in [-0.1, -0.05) is 13.8 Å². The minimum Gasteiger partial charge on any atom is -0.515 e. The van der Waals surface area contributed by atoms with Crippen LogP contribution in [0.5, 0.6) is 0 Å². The van der Waals surface area contributed by atoms with Crippen molar-refractivity contribution >= 4 is 23.8 Å². The van der Waals surface area contributed by atoms with E-state index in [1.54, 1.807) is 13.8 Å². The van der Waals surface area contributed by atoms with Crippen molar-refractivity contribution in [2.45, 2.75) is 39.1 Å². The topological polar surface area (TPSA) is 114 Å². The summed E-state index contributed by atoms with van der Waals surface area (Å²) in [6, 6.07) is 2.68. The number of benzene rings is 1. The second-order valence-electron chi connectivity index (χ2n) is 6.74. The van der Waals surface area contributed by atoms with Crippen molar-refractivity contribution in [2.24, 2.45) is 5.92 Å². The summed E-state index contributed by atoms with van der Waals surface area (Å²) in [7, 11) is 0. The molecule has 8 nitrogen and oxygen atoms in total. The summed E-state index contributed by atoms with van der Waals surface area (Å²) in [5.74, 6) is -1.47. The van der Waals surface area contributed by atoms with Crippen molar-refractivity contribution in [1.82, 2.24) is 4.90 Å². The molecule has 1 aliphatic heterocycles. The first kappa shape index (κ1) is 22.0. The summed E-state index contributed by atoms with van der Waals surface area (Å²) in [6.45, 7) is 4.61. The van der Waals surface area contributed by atoms with Crippen LogP contribution in [0.25, 0.3) is 0 Å². The summed E-state index contributed by atoms with van der Waals surface area (Å²) in [4.78, 5) is 38.3. The molecule has 1 atom stereocenters. The van der Waals surface area contributed by atoms with Crippen LogP contribution in [-0.4, -0.2) is 35.3 Å². The van der Waals surface area contributed by atoms with E-state index in [4.69, 9.17) is 10.00 Å². The lowest BCUT2D eigenvalue weighted by Crippen LogP contribution is -2.55. The lowest BCUT2D eigenvalue weighted by atomic mass is 9.98. The number of anilines is 1. The van der Waals surface area contributed by atoms with Crippen molar-refractivity contribution in [3.8, 4) is 6.07 Å². The molecular weight excluding hydrogens is 395 g/mol. The highest BCUT2D eigenvalue weighted by Crippen LogP contribution is 2.40. The average molecular weight is 412 g/mol. The molecule has 1 unspecified atom stereocenters.